The maximum atomic E-state index is 11.5. The van der Waals surface area contributed by atoms with Gasteiger partial charge in [-0.15, -0.1) is 0 Å². The lowest BCUT2D eigenvalue weighted by molar-refractivity contribution is 0.101. The van der Waals surface area contributed by atoms with Crippen molar-refractivity contribution in [1.29, 1.82) is 0 Å². The van der Waals surface area contributed by atoms with Crippen molar-refractivity contribution in [3.05, 3.63) is 41.5 Å². The second kappa shape index (κ2) is 6.89. The van der Waals surface area contributed by atoms with Gasteiger partial charge in [-0.2, -0.15) is 0 Å². The van der Waals surface area contributed by atoms with E-state index in [4.69, 9.17) is 4.74 Å². The Kier molecular flexibility index (Phi) is 5.47. The first kappa shape index (κ1) is 13.5. The summed E-state index contributed by atoms with van der Waals surface area (Å²) in [6, 6.07) is 5.60. The molecule has 2 heteroatoms. The van der Waals surface area contributed by atoms with Gasteiger partial charge in [0.15, 0.2) is 5.78 Å². The Morgan fingerprint density at radius 2 is 2.12 bits per heavy atom. The van der Waals surface area contributed by atoms with E-state index < -0.39 is 0 Å². The van der Waals surface area contributed by atoms with Gasteiger partial charge in [0.05, 0.1) is 7.11 Å². The lowest BCUT2D eigenvalue weighted by atomic mass is 10.0. The van der Waals surface area contributed by atoms with Crippen LogP contribution in [0.2, 0.25) is 0 Å². The summed E-state index contributed by atoms with van der Waals surface area (Å²) in [6.07, 6.45) is 7.29. The first-order chi connectivity index (χ1) is 8.19. The third kappa shape index (κ3) is 4.06. The number of ether oxygens (including phenoxy) is 1. The van der Waals surface area contributed by atoms with Crippen LogP contribution in [0.5, 0.6) is 5.75 Å². The van der Waals surface area contributed by atoms with Gasteiger partial charge in [0.25, 0.3) is 0 Å². The largest absolute Gasteiger partial charge is 0.497 e. The minimum Gasteiger partial charge on any atom is -0.497 e. The van der Waals surface area contributed by atoms with Gasteiger partial charge >= 0.3 is 0 Å². The summed E-state index contributed by atoms with van der Waals surface area (Å²) in [6.45, 7) is 3.75. The highest BCUT2D eigenvalue weighted by atomic mass is 16.5. The van der Waals surface area contributed by atoms with Crippen LogP contribution >= 0.6 is 0 Å². The van der Waals surface area contributed by atoms with Gasteiger partial charge in [0, 0.05) is 5.56 Å². The molecule has 1 aromatic carbocycles. The molecule has 0 N–H and O–H groups in total. The molecule has 0 saturated heterocycles. The van der Waals surface area contributed by atoms with E-state index in [1.54, 1.807) is 14.0 Å². The fourth-order valence-corrected chi connectivity index (χ4v) is 1.70. The number of benzene rings is 1. The third-order valence-corrected chi connectivity index (χ3v) is 2.65. The summed E-state index contributed by atoms with van der Waals surface area (Å²) < 4.78 is 5.18. The molecule has 92 valence electrons. The van der Waals surface area contributed by atoms with Crippen molar-refractivity contribution in [3.8, 4) is 5.75 Å². The Hall–Kier alpha value is -1.57. The minimum absolute atomic E-state index is 0.103. The van der Waals surface area contributed by atoms with E-state index in [0.717, 1.165) is 36.1 Å². The van der Waals surface area contributed by atoms with Crippen molar-refractivity contribution in [2.24, 2.45) is 0 Å². The molecule has 0 aromatic heterocycles. The zero-order valence-electron chi connectivity index (χ0n) is 10.8. The summed E-state index contributed by atoms with van der Waals surface area (Å²) >= 11 is 0. The van der Waals surface area contributed by atoms with Crippen LogP contribution in [0.4, 0.5) is 0 Å². The van der Waals surface area contributed by atoms with Crippen molar-refractivity contribution < 1.29 is 9.53 Å². The van der Waals surface area contributed by atoms with Crippen LogP contribution in [0, 0.1) is 0 Å². The zero-order chi connectivity index (χ0) is 12.7. The predicted octanol–water partition coefficient (Wildman–Crippen LogP) is 3.80. The van der Waals surface area contributed by atoms with E-state index in [2.05, 4.69) is 19.1 Å². The van der Waals surface area contributed by atoms with Crippen LogP contribution in [0.15, 0.2) is 30.4 Å². The van der Waals surface area contributed by atoms with Gasteiger partial charge in [-0.05, 0) is 43.5 Å². The Balaban J connectivity index is 2.89. The highest BCUT2D eigenvalue weighted by Gasteiger charge is 2.07. The third-order valence-electron chi connectivity index (χ3n) is 2.65. The lowest BCUT2D eigenvalue weighted by Crippen LogP contribution is -1.99. The molecule has 0 amide bonds. The van der Waals surface area contributed by atoms with Crippen molar-refractivity contribution in [2.45, 2.75) is 33.1 Å². The van der Waals surface area contributed by atoms with Gasteiger partial charge in [-0.3, -0.25) is 4.79 Å². The Bertz CT molecular complexity index is 405. The van der Waals surface area contributed by atoms with Crippen LogP contribution in [0.1, 0.15) is 42.6 Å². The van der Waals surface area contributed by atoms with E-state index in [1.165, 1.54) is 0 Å². The van der Waals surface area contributed by atoms with Gasteiger partial charge in [0.1, 0.15) is 5.75 Å². The molecule has 1 rings (SSSR count). The standard InChI is InChI=1S/C15H20O2/c1-4-5-6-7-8-13-11-14(17-3)9-10-15(13)12(2)16/h6-7,9-11H,4-5,8H2,1-3H3/b7-6+. The number of hydrogen-bond acceptors (Lipinski definition) is 2. The molecule has 1 aromatic rings. The van der Waals surface area contributed by atoms with E-state index in [-0.39, 0.29) is 5.78 Å². The Morgan fingerprint density at radius 1 is 1.35 bits per heavy atom. The van der Waals surface area contributed by atoms with E-state index in [9.17, 15) is 4.79 Å². The van der Waals surface area contributed by atoms with E-state index >= 15 is 0 Å². The normalized spacial score (nSPS) is 10.8. The summed E-state index contributed by atoms with van der Waals surface area (Å²) in [5.41, 5.74) is 1.82. The predicted molar refractivity (Wildman–Crippen MR) is 70.8 cm³/mol. The smallest absolute Gasteiger partial charge is 0.160 e. The molecule has 0 saturated carbocycles. The maximum absolute atomic E-state index is 11.5. The van der Waals surface area contributed by atoms with Crippen molar-refractivity contribution in [3.63, 3.8) is 0 Å². The molecule has 0 heterocycles. The minimum atomic E-state index is 0.103. The maximum Gasteiger partial charge on any atom is 0.160 e. The second-order valence-electron chi connectivity index (χ2n) is 4.04. The number of rotatable bonds is 6. The number of ketones is 1. The monoisotopic (exact) mass is 232 g/mol. The first-order valence-electron chi connectivity index (χ1n) is 6.02. The van der Waals surface area contributed by atoms with E-state index in [1.807, 2.05) is 18.2 Å². The van der Waals surface area contributed by atoms with Crippen LogP contribution < -0.4 is 4.74 Å². The molecule has 0 radical (unpaired) electrons. The molecule has 2 nitrogen and oxygen atoms in total. The van der Waals surface area contributed by atoms with Crippen LogP contribution in [0.3, 0.4) is 0 Å². The number of carbonyl (C=O) groups excluding carboxylic acids is 1. The van der Waals surface area contributed by atoms with Crippen molar-refractivity contribution in [2.75, 3.05) is 7.11 Å². The molecule has 0 aliphatic heterocycles. The topological polar surface area (TPSA) is 26.3 Å². The van der Waals surface area contributed by atoms with Gasteiger partial charge in [-0.25, -0.2) is 0 Å². The average molecular weight is 232 g/mol. The summed E-state index contributed by atoms with van der Waals surface area (Å²) in [5, 5.41) is 0. The van der Waals surface area contributed by atoms with Crippen LogP contribution in [-0.4, -0.2) is 12.9 Å². The number of hydrogen-bond donors (Lipinski definition) is 0. The van der Waals surface area contributed by atoms with Crippen molar-refractivity contribution in [1.82, 2.24) is 0 Å². The molecule has 0 fully saturated rings. The van der Waals surface area contributed by atoms with Gasteiger partial charge < -0.3 is 4.74 Å². The molecule has 17 heavy (non-hydrogen) atoms. The first-order valence-corrected chi connectivity index (χ1v) is 6.02. The van der Waals surface area contributed by atoms with Gasteiger partial charge in [0.2, 0.25) is 0 Å². The molecule has 0 bridgehead atoms. The van der Waals surface area contributed by atoms with Crippen LogP contribution in [-0.2, 0) is 6.42 Å². The molecule has 0 atom stereocenters. The molecular weight excluding hydrogens is 212 g/mol. The molecule has 0 unspecified atom stereocenters. The number of allylic oxidation sites excluding steroid dienone is 2. The van der Waals surface area contributed by atoms with Crippen molar-refractivity contribution >= 4 is 5.78 Å². The Labute approximate surface area is 103 Å². The highest BCUT2D eigenvalue weighted by Crippen LogP contribution is 2.19. The summed E-state index contributed by atoms with van der Waals surface area (Å²) in [7, 11) is 1.64. The fraction of sp³-hybridized carbons (Fsp3) is 0.400. The summed E-state index contributed by atoms with van der Waals surface area (Å²) in [5.74, 6) is 0.903. The van der Waals surface area contributed by atoms with Crippen LogP contribution in [0.25, 0.3) is 0 Å². The lowest BCUT2D eigenvalue weighted by Gasteiger charge is -2.07. The Morgan fingerprint density at radius 3 is 2.71 bits per heavy atom. The quantitative estimate of drug-likeness (QED) is 0.551. The average Bonchev–Trinajstić information content (AvgIpc) is 2.34. The summed E-state index contributed by atoms with van der Waals surface area (Å²) in [4.78, 5) is 11.5. The SMILES string of the molecule is CCC/C=C/Cc1cc(OC)ccc1C(C)=O. The van der Waals surface area contributed by atoms with Gasteiger partial charge in [-0.1, -0.05) is 25.5 Å². The fourth-order valence-electron chi connectivity index (χ4n) is 1.70. The zero-order valence-corrected chi connectivity index (χ0v) is 10.8. The number of Topliss-reactive ketones (excluding diaryl/α,β-unsaturated/α-hetero) is 1. The number of methoxy groups -OCH3 is 1. The number of unbranched alkanes of at least 4 members (excludes halogenated alkanes) is 1. The molecule has 0 spiro atoms. The van der Waals surface area contributed by atoms with E-state index in [0.29, 0.717) is 0 Å². The highest BCUT2D eigenvalue weighted by molar-refractivity contribution is 5.95. The molecule has 0 aliphatic carbocycles. The number of carbonyl (C=O) groups is 1. The molecule has 0 aliphatic rings. The second-order valence-corrected chi connectivity index (χ2v) is 4.04. The molecular formula is C15H20O2.